The lowest BCUT2D eigenvalue weighted by Crippen LogP contribution is -2.06. The van der Waals surface area contributed by atoms with Crippen LogP contribution in [-0.2, 0) is 0 Å². The van der Waals surface area contributed by atoms with Crippen molar-refractivity contribution in [3.8, 4) is 0 Å². The summed E-state index contributed by atoms with van der Waals surface area (Å²) in [5.74, 6) is 0.785. The third-order valence-corrected chi connectivity index (χ3v) is 5.57. The van der Waals surface area contributed by atoms with E-state index in [0.29, 0.717) is 0 Å². The average Bonchev–Trinajstić information content (AvgIpc) is 2.39. The topological polar surface area (TPSA) is 0 Å². The van der Waals surface area contributed by atoms with Crippen molar-refractivity contribution < 1.29 is 0 Å². The van der Waals surface area contributed by atoms with Gasteiger partial charge in [0.05, 0.1) is 0 Å². The molecule has 0 nitrogen and oxygen atoms in total. The molecule has 0 heterocycles. The summed E-state index contributed by atoms with van der Waals surface area (Å²) in [5.41, 5.74) is 0. The predicted molar refractivity (Wildman–Crippen MR) is 93.2 cm³/mol. The summed E-state index contributed by atoms with van der Waals surface area (Å²) < 4.78 is 0. The minimum absolute atomic E-state index is 0.732. The van der Waals surface area contributed by atoms with Gasteiger partial charge in [0.25, 0.3) is 0 Å². The fourth-order valence-corrected chi connectivity index (χ4v) is 2.84. The Morgan fingerprint density at radius 3 is 1.37 bits per heavy atom. The van der Waals surface area contributed by atoms with E-state index >= 15 is 0 Å². The van der Waals surface area contributed by atoms with Crippen LogP contribution in [0.25, 0.3) is 0 Å². The quantitative estimate of drug-likeness (QED) is 0.228. The molecule has 0 bridgehead atoms. The maximum absolute atomic E-state index is 3.77. The van der Waals surface area contributed by atoms with Crippen molar-refractivity contribution in [2.45, 2.75) is 109 Å². The lowest BCUT2D eigenvalue weighted by atomic mass is 10.0. The van der Waals surface area contributed by atoms with Gasteiger partial charge in [-0.1, -0.05) is 114 Å². The van der Waals surface area contributed by atoms with Crippen LogP contribution in [0.2, 0.25) is 0 Å². The van der Waals surface area contributed by atoms with E-state index in [1.807, 2.05) is 0 Å². The molecule has 0 fully saturated rings. The second-order valence-corrected chi connectivity index (χ2v) is 7.61. The Morgan fingerprint density at radius 2 is 1.00 bits per heavy atom. The molecule has 0 N–H and O–H groups in total. The molecule has 0 spiro atoms. The van der Waals surface area contributed by atoms with Gasteiger partial charge in [-0.15, -0.1) is 0 Å². The molecule has 0 amide bonds. The van der Waals surface area contributed by atoms with E-state index in [9.17, 15) is 0 Å². The molecule has 1 heteroatoms. The summed E-state index contributed by atoms with van der Waals surface area (Å²) in [4.78, 5) is 0.732. The fraction of sp³-hybridized carbons (Fsp3) is 1.00. The third-order valence-electron chi connectivity index (χ3n) is 4.06. The Hall–Kier alpha value is 0.480. The standard InChI is InChI=1S/C18H37Br/c1-4-5-6-7-8-9-10-11-12-13-14-15-16-18(19)17(2)3/h17-18H,4-16H2,1-3H3. The first kappa shape index (κ1) is 19.5. The predicted octanol–water partition coefficient (Wildman–Crippen LogP) is 7.50. The highest BCUT2D eigenvalue weighted by Crippen LogP contribution is 2.20. The molecule has 0 aromatic carbocycles. The van der Waals surface area contributed by atoms with Crippen LogP contribution >= 0.6 is 15.9 Å². The Balaban J connectivity index is 3.03. The van der Waals surface area contributed by atoms with Crippen molar-refractivity contribution >= 4 is 15.9 Å². The Kier molecular flexibility index (Phi) is 15.3. The molecule has 19 heavy (non-hydrogen) atoms. The van der Waals surface area contributed by atoms with E-state index in [1.54, 1.807) is 0 Å². The molecule has 0 rings (SSSR count). The fourth-order valence-electron chi connectivity index (χ4n) is 2.51. The van der Waals surface area contributed by atoms with Gasteiger partial charge in [-0.3, -0.25) is 0 Å². The summed E-state index contributed by atoms with van der Waals surface area (Å²) in [6, 6.07) is 0. The van der Waals surface area contributed by atoms with Crippen LogP contribution in [0.4, 0.5) is 0 Å². The highest BCUT2D eigenvalue weighted by molar-refractivity contribution is 9.09. The van der Waals surface area contributed by atoms with E-state index < -0.39 is 0 Å². The van der Waals surface area contributed by atoms with Crippen LogP contribution in [0.1, 0.15) is 104 Å². The van der Waals surface area contributed by atoms with Crippen LogP contribution in [0.3, 0.4) is 0 Å². The number of halogens is 1. The third kappa shape index (κ3) is 14.7. The Morgan fingerprint density at radius 1 is 0.632 bits per heavy atom. The van der Waals surface area contributed by atoms with Gasteiger partial charge in [-0.2, -0.15) is 0 Å². The van der Waals surface area contributed by atoms with Crippen molar-refractivity contribution in [3.63, 3.8) is 0 Å². The lowest BCUT2D eigenvalue weighted by Gasteiger charge is -2.12. The van der Waals surface area contributed by atoms with Gasteiger partial charge >= 0.3 is 0 Å². The molecule has 0 saturated carbocycles. The number of alkyl halides is 1. The molecule has 0 aliphatic rings. The zero-order valence-electron chi connectivity index (χ0n) is 13.7. The molecule has 116 valence electrons. The van der Waals surface area contributed by atoms with Gasteiger partial charge in [-0.05, 0) is 12.3 Å². The van der Waals surface area contributed by atoms with Crippen LogP contribution in [0, 0.1) is 5.92 Å². The Bertz CT molecular complexity index is 165. The number of unbranched alkanes of at least 4 members (excludes halogenated alkanes) is 11. The molecule has 0 aromatic heterocycles. The molecule has 0 radical (unpaired) electrons. The van der Waals surface area contributed by atoms with Crippen molar-refractivity contribution in [1.29, 1.82) is 0 Å². The van der Waals surface area contributed by atoms with Crippen LogP contribution < -0.4 is 0 Å². The van der Waals surface area contributed by atoms with E-state index in [4.69, 9.17) is 0 Å². The first-order chi connectivity index (χ1) is 9.18. The van der Waals surface area contributed by atoms with Crippen molar-refractivity contribution in [3.05, 3.63) is 0 Å². The summed E-state index contributed by atoms with van der Waals surface area (Å²) in [6.07, 6.45) is 18.7. The smallest absolute Gasteiger partial charge is 0.0168 e. The van der Waals surface area contributed by atoms with Crippen LogP contribution in [-0.4, -0.2) is 4.83 Å². The highest BCUT2D eigenvalue weighted by Gasteiger charge is 2.07. The number of rotatable bonds is 14. The van der Waals surface area contributed by atoms with E-state index in [0.717, 1.165) is 10.7 Å². The SMILES string of the molecule is CCCCCCCCCCCCCCC(Br)C(C)C. The average molecular weight is 333 g/mol. The summed E-state index contributed by atoms with van der Waals surface area (Å²) in [6.45, 7) is 6.90. The molecule has 0 saturated heterocycles. The van der Waals surface area contributed by atoms with Crippen molar-refractivity contribution in [2.75, 3.05) is 0 Å². The van der Waals surface area contributed by atoms with Gasteiger partial charge in [0.1, 0.15) is 0 Å². The molecule has 1 atom stereocenters. The van der Waals surface area contributed by atoms with E-state index in [1.165, 1.54) is 83.5 Å². The zero-order chi connectivity index (χ0) is 14.3. The highest BCUT2D eigenvalue weighted by atomic mass is 79.9. The number of hydrogen-bond acceptors (Lipinski definition) is 0. The van der Waals surface area contributed by atoms with Crippen molar-refractivity contribution in [2.24, 2.45) is 5.92 Å². The monoisotopic (exact) mass is 332 g/mol. The minimum atomic E-state index is 0.732. The molecule has 0 aliphatic heterocycles. The first-order valence-corrected chi connectivity index (χ1v) is 9.74. The maximum atomic E-state index is 3.77. The van der Waals surface area contributed by atoms with Gasteiger partial charge in [-0.25, -0.2) is 0 Å². The van der Waals surface area contributed by atoms with E-state index in [-0.39, 0.29) is 0 Å². The normalized spacial score (nSPS) is 13.1. The molecule has 0 aliphatic carbocycles. The Labute approximate surface area is 131 Å². The van der Waals surface area contributed by atoms with E-state index in [2.05, 4.69) is 36.7 Å². The van der Waals surface area contributed by atoms with Gasteiger partial charge in [0, 0.05) is 4.83 Å². The zero-order valence-corrected chi connectivity index (χ0v) is 15.3. The molecule has 1 unspecified atom stereocenters. The minimum Gasteiger partial charge on any atom is -0.0888 e. The van der Waals surface area contributed by atoms with Gasteiger partial charge in [0.2, 0.25) is 0 Å². The van der Waals surface area contributed by atoms with Crippen molar-refractivity contribution in [1.82, 2.24) is 0 Å². The first-order valence-electron chi connectivity index (χ1n) is 8.82. The van der Waals surface area contributed by atoms with Gasteiger partial charge < -0.3 is 0 Å². The summed E-state index contributed by atoms with van der Waals surface area (Å²) in [7, 11) is 0. The van der Waals surface area contributed by atoms with Gasteiger partial charge in [0.15, 0.2) is 0 Å². The number of hydrogen-bond donors (Lipinski definition) is 0. The summed E-state index contributed by atoms with van der Waals surface area (Å²) in [5, 5.41) is 0. The second-order valence-electron chi connectivity index (χ2n) is 6.44. The van der Waals surface area contributed by atoms with Crippen LogP contribution in [0.5, 0.6) is 0 Å². The largest absolute Gasteiger partial charge is 0.0888 e. The molecular weight excluding hydrogens is 296 g/mol. The van der Waals surface area contributed by atoms with Crippen LogP contribution in [0.15, 0.2) is 0 Å². The summed E-state index contributed by atoms with van der Waals surface area (Å²) >= 11 is 3.77. The molecular formula is C18H37Br. The maximum Gasteiger partial charge on any atom is 0.0168 e. The molecule has 0 aromatic rings. The lowest BCUT2D eigenvalue weighted by molar-refractivity contribution is 0.516. The second kappa shape index (κ2) is 14.9.